The van der Waals surface area contributed by atoms with Crippen molar-refractivity contribution >= 4 is 40.6 Å². The maximum absolute atomic E-state index is 13.7. The first-order valence-corrected chi connectivity index (χ1v) is 13.0. The van der Waals surface area contributed by atoms with Gasteiger partial charge in [-0.2, -0.15) is 0 Å². The van der Waals surface area contributed by atoms with Gasteiger partial charge in [-0.25, -0.2) is 9.36 Å². The molecule has 40 heavy (non-hydrogen) atoms. The van der Waals surface area contributed by atoms with Crippen LogP contribution in [0.5, 0.6) is 11.8 Å². The standard InChI is InChI=1S/C29H33ClN4O6/c1-7-40-27-26(38)34(28(39)33(27)16-18-11-9-8-10-12-18)22(23(35)29(4,5)6)25(37)32-21-15-19(13-14-20(21)30)31-24(36)17(2)3/h8-15,22,38H,2,7,16H2,1,3-6H3,(H,31,36)(H,32,37). The van der Waals surface area contributed by atoms with Crippen LogP contribution in [-0.4, -0.2) is 38.4 Å². The van der Waals surface area contributed by atoms with Crippen LogP contribution in [0.2, 0.25) is 5.02 Å². The van der Waals surface area contributed by atoms with Gasteiger partial charge >= 0.3 is 5.69 Å². The van der Waals surface area contributed by atoms with E-state index in [9.17, 15) is 24.3 Å². The largest absolute Gasteiger partial charge is 0.491 e. The van der Waals surface area contributed by atoms with Crippen molar-refractivity contribution in [3.05, 3.63) is 81.8 Å². The molecule has 0 saturated carbocycles. The third kappa shape index (κ3) is 6.63. The van der Waals surface area contributed by atoms with E-state index < -0.39 is 40.6 Å². The molecule has 3 aromatic rings. The molecule has 3 N–H and O–H groups in total. The Morgan fingerprint density at radius 2 is 1.75 bits per heavy atom. The number of nitrogens with zero attached hydrogens (tertiary/aromatic N) is 2. The van der Waals surface area contributed by atoms with Crippen LogP contribution >= 0.6 is 11.6 Å². The molecule has 0 bridgehead atoms. The van der Waals surface area contributed by atoms with Crippen molar-refractivity contribution in [2.75, 3.05) is 17.2 Å². The van der Waals surface area contributed by atoms with E-state index in [0.717, 1.165) is 10.1 Å². The highest BCUT2D eigenvalue weighted by molar-refractivity contribution is 6.34. The molecule has 1 heterocycles. The Morgan fingerprint density at radius 3 is 2.33 bits per heavy atom. The van der Waals surface area contributed by atoms with Crippen LogP contribution in [-0.2, 0) is 20.9 Å². The summed E-state index contributed by atoms with van der Waals surface area (Å²) >= 11 is 6.31. The molecule has 2 amide bonds. The maximum atomic E-state index is 13.7. The first-order chi connectivity index (χ1) is 18.8. The summed E-state index contributed by atoms with van der Waals surface area (Å²) in [7, 11) is 0. The third-order valence-electron chi connectivity index (χ3n) is 5.93. The first-order valence-electron chi connectivity index (χ1n) is 12.6. The molecule has 1 unspecified atom stereocenters. The summed E-state index contributed by atoms with van der Waals surface area (Å²) < 4.78 is 7.49. The zero-order valence-corrected chi connectivity index (χ0v) is 23.8. The highest BCUT2D eigenvalue weighted by atomic mass is 35.5. The summed E-state index contributed by atoms with van der Waals surface area (Å²) in [6.45, 7) is 11.8. The van der Waals surface area contributed by atoms with Gasteiger partial charge in [-0.15, -0.1) is 0 Å². The van der Waals surface area contributed by atoms with Gasteiger partial charge in [0.1, 0.15) is 0 Å². The predicted molar refractivity (Wildman–Crippen MR) is 154 cm³/mol. The van der Waals surface area contributed by atoms with Gasteiger partial charge in [0.05, 0.1) is 23.9 Å². The summed E-state index contributed by atoms with van der Waals surface area (Å²) in [5, 5.41) is 16.5. The van der Waals surface area contributed by atoms with Crippen molar-refractivity contribution in [3.63, 3.8) is 0 Å². The lowest BCUT2D eigenvalue weighted by molar-refractivity contribution is -0.135. The fourth-order valence-electron chi connectivity index (χ4n) is 3.85. The summed E-state index contributed by atoms with van der Waals surface area (Å²) in [5.41, 5.74) is -0.473. The minimum atomic E-state index is -1.77. The van der Waals surface area contributed by atoms with E-state index in [1.54, 1.807) is 58.9 Å². The van der Waals surface area contributed by atoms with E-state index in [1.165, 1.54) is 22.8 Å². The Morgan fingerprint density at radius 1 is 1.10 bits per heavy atom. The number of hydrogen-bond donors (Lipinski definition) is 3. The van der Waals surface area contributed by atoms with E-state index in [-0.39, 0.29) is 35.3 Å². The molecule has 10 nitrogen and oxygen atoms in total. The second-order valence-electron chi connectivity index (χ2n) is 10.2. The van der Waals surface area contributed by atoms with Gasteiger partial charge in [0.15, 0.2) is 11.8 Å². The van der Waals surface area contributed by atoms with E-state index in [0.29, 0.717) is 5.69 Å². The van der Waals surface area contributed by atoms with Crippen LogP contribution in [0.4, 0.5) is 11.4 Å². The number of hydrogen-bond acceptors (Lipinski definition) is 6. The molecule has 0 aliphatic heterocycles. The average molecular weight is 569 g/mol. The number of halogens is 1. The quantitative estimate of drug-likeness (QED) is 0.238. The highest BCUT2D eigenvalue weighted by Gasteiger charge is 2.40. The number of carbonyl (C=O) groups excluding carboxylic acids is 3. The van der Waals surface area contributed by atoms with Crippen LogP contribution in [0.25, 0.3) is 0 Å². The first kappa shape index (κ1) is 30.2. The maximum Gasteiger partial charge on any atom is 0.335 e. The number of imidazole rings is 1. The van der Waals surface area contributed by atoms with E-state index in [2.05, 4.69) is 17.2 Å². The van der Waals surface area contributed by atoms with Gasteiger partial charge < -0.3 is 20.5 Å². The van der Waals surface area contributed by atoms with Crippen LogP contribution in [0.1, 0.15) is 46.2 Å². The van der Waals surface area contributed by atoms with Gasteiger partial charge in [-0.05, 0) is 37.6 Å². The van der Waals surface area contributed by atoms with Crippen LogP contribution in [0.3, 0.4) is 0 Å². The second kappa shape index (κ2) is 12.3. The van der Waals surface area contributed by atoms with Gasteiger partial charge in [0.25, 0.3) is 23.6 Å². The molecule has 0 saturated heterocycles. The molecule has 1 aromatic heterocycles. The molecule has 3 rings (SSSR count). The zero-order chi connectivity index (χ0) is 29.8. The molecular formula is C29H33ClN4O6. The monoisotopic (exact) mass is 568 g/mol. The summed E-state index contributed by atoms with van der Waals surface area (Å²) in [4.78, 5) is 53.1. The minimum Gasteiger partial charge on any atom is -0.491 e. The topological polar surface area (TPSA) is 132 Å². The van der Waals surface area contributed by atoms with Gasteiger partial charge in [-0.1, -0.05) is 69.3 Å². The Labute approximate surface area is 237 Å². The summed E-state index contributed by atoms with van der Waals surface area (Å²) in [6, 6.07) is 11.6. The van der Waals surface area contributed by atoms with E-state index in [1.807, 2.05) is 6.07 Å². The number of aromatic hydroxyl groups is 1. The number of ketones is 1. The van der Waals surface area contributed by atoms with E-state index in [4.69, 9.17) is 16.3 Å². The molecule has 0 aliphatic rings. The molecular weight excluding hydrogens is 536 g/mol. The minimum absolute atomic E-state index is 0.0317. The SMILES string of the molecule is C=C(C)C(=O)Nc1ccc(Cl)c(NC(=O)C(C(=O)C(C)(C)C)n2c(O)c(OCC)n(Cc3ccccc3)c2=O)c1. The number of carbonyl (C=O) groups is 3. The van der Waals surface area contributed by atoms with Crippen LogP contribution in [0, 0.1) is 5.41 Å². The molecule has 0 aliphatic carbocycles. The number of ether oxygens (including phenoxy) is 1. The molecule has 0 radical (unpaired) electrons. The van der Waals surface area contributed by atoms with Crippen molar-refractivity contribution in [1.29, 1.82) is 0 Å². The molecule has 11 heteroatoms. The normalized spacial score (nSPS) is 11.9. The number of anilines is 2. The number of rotatable bonds is 10. The fourth-order valence-corrected chi connectivity index (χ4v) is 4.01. The number of nitrogens with one attached hydrogen (secondary N) is 2. The average Bonchev–Trinajstić information content (AvgIpc) is 3.10. The number of amides is 2. The zero-order valence-electron chi connectivity index (χ0n) is 23.1. The Bertz CT molecular complexity index is 1500. The molecule has 0 spiro atoms. The van der Waals surface area contributed by atoms with Crippen molar-refractivity contribution in [1.82, 2.24) is 9.13 Å². The molecule has 0 fully saturated rings. The third-order valence-corrected chi connectivity index (χ3v) is 6.26. The van der Waals surface area contributed by atoms with Gasteiger partial charge in [0.2, 0.25) is 0 Å². The molecule has 212 valence electrons. The van der Waals surface area contributed by atoms with Gasteiger partial charge in [-0.3, -0.25) is 19.0 Å². The van der Waals surface area contributed by atoms with Crippen molar-refractivity contribution in [2.24, 2.45) is 5.41 Å². The Kier molecular flexibility index (Phi) is 9.26. The highest BCUT2D eigenvalue weighted by Crippen LogP contribution is 2.34. The Balaban J connectivity index is 2.11. The van der Waals surface area contributed by atoms with Crippen molar-refractivity contribution in [3.8, 4) is 11.8 Å². The van der Waals surface area contributed by atoms with E-state index >= 15 is 0 Å². The number of Topliss-reactive ketones (excluding diaryl/α,β-unsaturated/α-hetero) is 1. The number of aromatic nitrogens is 2. The van der Waals surface area contributed by atoms with Gasteiger partial charge in [0, 0.05) is 16.7 Å². The summed E-state index contributed by atoms with van der Waals surface area (Å²) in [6.07, 6.45) is 0. The van der Waals surface area contributed by atoms with Crippen molar-refractivity contribution < 1.29 is 24.2 Å². The van der Waals surface area contributed by atoms with Crippen molar-refractivity contribution in [2.45, 2.75) is 47.2 Å². The molecule has 2 aromatic carbocycles. The Hall–Kier alpha value is -4.31. The lowest BCUT2D eigenvalue weighted by atomic mass is 9.86. The van der Waals surface area contributed by atoms with Crippen LogP contribution < -0.4 is 21.1 Å². The smallest absolute Gasteiger partial charge is 0.335 e. The summed E-state index contributed by atoms with van der Waals surface area (Å²) in [5.74, 6) is -2.81. The number of benzene rings is 2. The lowest BCUT2D eigenvalue weighted by Gasteiger charge is -2.25. The van der Waals surface area contributed by atoms with Crippen LogP contribution in [0.15, 0.2) is 65.5 Å². The predicted octanol–water partition coefficient (Wildman–Crippen LogP) is 4.77. The molecule has 1 atom stereocenters. The second-order valence-corrected chi connectivity index (χ2v) is 10.6. The lowest BCUT2D eigenvalue weighted by Crippen LogP contribution is -2.43. The fraction of sp³-hybridized carbons (Fsp3) is 0.310.